The van der Waals surface area contributed by atoms with Crippen molar-refractivity contribution in [1.29, 1.82) is 0 Å². The fourth-order valence-corrected chi connectivity index (χ4v) is 2.16. The molecule has 0 saturated carbocycles. The molecule has 0 aliphatic rings. The van der Waals surface area contributed by atoms with Crippen molar-refractivity contribution in [2.75, 3.05) is 5.73 Å². The molecule has 7 N–H and O–H groups in total. The van der Waals surface area contributed by atoms with Crippen LogP contribution in [0.25, 0.3) is 0 Å². The van der Waals surface area contributed by atoms with E-state index >= 15 is 0 Å². The number of nitrogens with one attached hydrogen (secondary N) is 2. The van der Waals surface area contributed by atoms with Gasteiger partial charge in [0.25, 0.3) is 0 Å². The van der Waals surface area contributed by atoms with E-state index in [0.29, 0.717) is 11.3 Å². The lowest BCUT2D eigenvalue weighted by atomic mass is 10.1. The van der Waals surface area contributed by atoms with Crippen LogP contribution in [0, 0.1) is 0 Å². The molecule has 0 fully saturated rings. The predicted octanol–water partition coefficient (Wildman–Crippen LogP) is 0.272. The van der Waals surface area contributed by atoms with Gasteiger partial charge in [0.2, 0.25) is 0 Å². The highest BCUT2D eigenvalue weighted by Crippen LogP contribution is 2.08. The van der Waals surface area contributed by atoms with E-state index in [1.54, 1.807) is 24.3 Å². The number of nitrogens with two attached hydrogens (primary N) is 1. The van der Waals surface area contributed by atoms with E-state index in [0.717, 1.165) is 0 Å². The first kappa shape index (κ1) is 20.7. The maximum Gasteiger partial charge on any atom is 0.326 e. The summed E-state index contributed by atoms with van der Waals surface area (Å²) >= 11 is 0. The Kier molecular flexibility index (Phi) is 7.87. The number of hydrogen-bond donors (Lipinski definition) is 6. The van der Waals surface area contributed by atoms with E-state index in [1.807, 2.05) is 0 Å². The number of urea groups is 1. The lowest BCUT2D eigenvalue weighted by Crippen LogP contribution is -2.51. The van der Waals surface area contributed by atoms with Gasteiger partial charge in [-0.1, -0.05) is 12.1 Å². The Morgan fingerprint density at radius 2 is 1.46 bits per heavy atom. The zero-order valence-corrected chi connectivity index (χ0v) is 13.8. The second kappa shape index (κ2) is 9.87. The smallest absolute Gasteiger partial charge is 0.326 e. The summed E-state index contributed by atoms with van der Waals surface area (Å²) in [6, 6.07) is 2.88. The van der Waals surface area contributed by atoms with Gasteiger partial charge in [-0.3, -0.25) is 4.79 Å². The van der Waals surface area contributed by atoms with Crippen LogP contribution in [-0.4, -0.2) is 51.3 Å². The lowest BCUT2D eigenvalue weighted by molar-refractivity contribution is -0.140. The zero-order valence-electron chi connectivity index (χ0n) is 13.8. The van der Waals surface area contributed by atoms with Crippen LogP contribution in [0.1, 0.15) is 24.8 Å². The normalized spacial score (nSPS) is 12.6. The van der Waals surface area contributed by atoms with Crippen LogP contribution in [0.2, 0.25) is 0 Å². The molecule has 0 spiro atoms. The summed E-state index contributed by atoms with van der Waals surface area (Å²) in [6.45, 7) is 0. The van der Waals surface area contributed by atoms with Crippen molar-refractivity contribution in [2.45, 2.75) is 37.8 Å². The molecular weight excluding hydrogens is 346 g/mol. The van der Waals surface area contributed by atoms with Gasteiger partial charge >= 0.3 is 23.9 Å². The number of carbonyl (C=O) groups excluding carboxylic acids is 1. The first-order chi connectivity index (χ1) is 12.2. The minimum atomic E-state index is -1.34. The fraction of sp³-hybridized carbons (Fsp3) is 0.375. The van der Waals surface area contributed by atoms with Crippen LogP contribution in [0.3, 0.4) is 0 Å². The van der Waals surface area contributed by atoms with E-state index in [2.05, 4.69) is 10.6 Å². The molecule has 142 valence electrons. The number of benzene rings is 1. The molecule has 1 aromatic rings. The van der Waals surface area contributed by atoms with Crippen LogP contribution in [-0.2, 0) is 20.8 Å². The highest BCUT2D eigenvalue weighted by atomic mass is 16.4. The molecule has 10 heteroatoms. The fourth-order valence-electron chi connectivity index (χ4n) is 2.16. The van der Waals surface area contributed by atoms with Gasteiger partial charge in [0, 0.05) is 18.5 Å². The second-order valence-corrected chi connectivity index (χ2v) is 5.63. The van der Waals surface area contributed by atoms with Gasteiger partial charge in [-0.25, -0.2) is 14.4 Å². The van der Waals surface area contributed by atoms with E-state index in [1.165, 1.54) is 0 Å². The standard InChI is InChI=1S/C16H21N3O7/c17-10-6-4-9(5-7-10)8-12(15(24)25)19-16(26)18-11(14(22)23)2-1-3-13(20)21/h4-7,11-12H,1-3,8,17H2,(H,20,21)(H,22,23)(H,24,25)(H2,18,19,26). The number of nitrogen functional groups attached to an aromatic ring is 1. The van der Waals surface area contributed by atoms with Gasteiger partial charge in [0.15, 0.2) is 0 Å². The van der Waals surface area contributed by atoms with Gasteiger partial charge in [0.05, 0.1) is 0 Å². The molecule has 0 saturated heterocycles. The van der Waals surface area contributed by atoms with E-state index in [-0.39, 0.29) is 25.7 Å². The van der Waals surface area contributed by atoms with Crippen molar-refractivity contribution in [3.63, 3.8) is 0 Å². The molecule has 10 nitrogen and oxygen atoms in total. The third-order valence-electron chi connectivity index (χ3n) is 3.51. The van der Waals surface area contributed by atoms with Crippen molar-refractivity contribution in [2.24, 2.45) is 0 Å². The molecule has 2 atom stereocenters. The van der Waals surface area contributed by atoms with Crippen molar-refractivity contribution in [1.82, 2.24) is 10.6 Å². The van der Waals surface area contributed by atoms with Crippen molar-refractivity contribution in [3.8, 4) is 0 Å². The average Bonchev–Trinajstić information content (AvgIpc) is 2.54. The summed E-state index contributed by atoms with van der Waals surface area (Å²) in [4.78, 5) is 44.9. The van der Waals surface area contributed by atoms with Crippen LogP contribution in [0.5, 0.6) is 0 Å². The lowest BCUT2D eigenvalue weighted by Gasteiger charge is -2.18. The van der Waals surface area contributed by atoms with Crippen molar-refractivity contribution < 1.29 is 34.5 Å². The van der Waals surface area contributed by atoms with Crippen LogP contribution >= 0.6 is 0 Å². The van der Waals surface area contributed by atoms with Gasteiger partial charge in [-0.2, -0.15) is 0 Å². The highest BCUT2D eigenvalue weighted by Gasteiger charge is 2.24. The molecule has 1 rings (SSSR count). The third-order valence-corrected chi connectivity index (χ3v) is 3.51. The maximum absolute atomic E-state index is 11.9. The predicted molar refractivity (Wildman–Crippen MR) is 90.6 cm³/mol. The largest absolute Gasteiger partial charge is 0.481 e. The molecule has 2 amide bonds. The monoisotopic (exact) mass is 367 g/mol. The maximum atomic E-state index is 11.9. The SMILES string of the molecule is Nc1ccc(CC(NC(=O)NC(CCCC(=O)O)C(=O)O)C(=O)O)cc1. The summed E-state index contributed by atoms with van der Waals surface area (Å²) in [5, 5.41) is 31.2. The van der Waals surface area contributed by atoms with Crippen LogP contribution in [0.15, 0.2) is 24.3 Å². The van der Waals surface area contributed by atoms with Crippen LogP contribution < -0.4 is 16.4 Å². The molecule has 0 radical (unpaired) electrons. The minimum Gasteiger partial charge on any atom is -0.481 e. The molecule has 2 unspecified atom stereocenters. The first-order valence-corrected chi connectivity index (χ1v) is 7.78. The molecule has 0 aliphatic heterocycles. The second-order valence-electron chi connectivity index (χ2n) is 5.63. The molecule has 0 heterocycles. The quantitative estimate of drug-likeness (QED) is 0.319. The number of carboxylic acids is 3. The summed E-state index contributed by atoms with van der Waals surface area (Å²) in [5.41, 5.74) is 6.69. The number of anilines is 1. The Hall–Kier alpha value is -3.30. The van der Waals surface area contributed by atoms with Crippen molar-refractivity contribution in [3.05, 3.63) is 29.8 Å². The molecule has 26 heavy (non-hydrogen) atoms. The molecule has 0 bridgehead atoms. The Balaban J connectivity index is 2.64. The number of aliphatic carboxylic acids is 3. The summed E-state index contributed by atoms with van der Waals surface area (Å²) in [6.07, 6.45) is -0.285. The van der Waals surface area contributed by atoms with Gasteiger partial charge in [-0.15, -0.1) is 0 Å². The zero-order chi connectivity index (χ0) is 19.7. The Morgan fingerprint density at radius 3 is 1.96 bits per heavy atom. The van der Waals surface area contributed by atoms with E-state index in [4.69, 9.17) is 15.9 Å². The summed E-state index contributed by atoms with van der Waals surface area (Å²) in [7, 11) is 0. The Bertz CT molecular complexity index is 660. The van der Waals surface area contributed by atoms with Crippen molar-refractivity contribution >= 4 is 29.6 Å². The number of hydrogen-bond acceptors (Lipinski definition) is 5. The van der Waals surface area contributed by atoms with Gasteiger partial charge < -0.3 is 31.7 Å². The minimum absolute atomic E-state index is 0.0141. The summed E-state index contributed by atoms with van der Waals surface area (Å²) in [5.74, 6) is -3.70. The number of carbonyl (C=O) groups is 4. The first-order valence-electron chi connectivity index (χ1n) is 7.78. The topological polar surface area (TPSA) is 179 Å². The van der Waals surface area contributed by atoms with Crippen LogP contribution in [0.4, 0.5) is 10.5 Å². The van der Waals surface area contributed by atoms with Gasteiger partial charge in [-0.05, 0) is 30.5 Å². The number of rotatable bonds is 10. The molecule has 0 aromatic heterocycles. The molecular formula is C16H21N3O7. The third kappa shape index (κ3) is 7.51. The average molecular weight is 367 g/mol. The summed E-state index contributed by atoms with van der Waals surface area (Å²) < 4.78 is 0. The molecule has 0 aliphatic carbocycles. The number of amides is 2. The highest BCUT2D eigenvalue weighted by molar-refractivity contribution is 5.86. The van der Waals surface area contributed by atoms with E-state index < -0.39 is 36.0 Å². The Labute approximate surface area is 149 Å². The van der Waals surface area contributed by atoms with E-state index in [9.17, 15) is 24.3 Å². The van der Waals surface area contributed by atoms with Gasteiger partial charge in [0.1, 0.15) is 12.1 Å². The Morgan fingerprint density at radius 1 is 0.923 bits per heavy atom. The molecule has 1 aromatic carbocycles. The number of carboxylic acid groups (broad SMARTS) is 3.